The van der Waals surface area contributed by atoms with Gasteiger partial charge in [0.15, 0.2) is 0 Å². The van der Waals surface area contributed by atoms with Gasteiger partial charge in [-0.05, 0) is 25.0 Å². The molecule has 2 saturated heterocycles. The summed E-state index contributed by atoms with van der Waals surface area (Å²) < 4.78 is 16.0. The van der Waals surface area contributed by atoms with E-state index >= 15 is 0 Å². The summed E-state index contributed by atoms with van der Waals surface area (Å²) in [7, 11) is 0. The Hall–Kier alpha value is -0.880. The van der Waals surface area contributed by atoms with E-state index in [0.29, 0.717) is 0 Å². The van der Waals surface area contributed by atoms with Crippen molar-refractivity contribution in [3.05, 3.63) is 24.7 Å². The minimum absolute atomic E-state index is 0.867. The third kappa shape index (κ3) is 7.62. The molecule has 0 N–H and O–H groups in total. The Kier molecular flexibility index (Phi) is 8.47. The smallest absolute Gasteiger partial charge is 0.0861 e. The maximum Gasteiger partial charge on any atom is 0.0861 e. The lowest BCUT2D eigenvalue weighted by Gasteiger charge is -2.25. The van der Waals surface area contributed by atoms with E-state index in [4.69, 9.17) is 14.2 Å². The molecule has 0 aromatic carbocycles. The van der Waals surface area contributed by atoms with E-state index < -0.39 is 0 Å². The Balaban J connectivity index is 1.42. The van der Waals surface area contributed by atoms with E-state index in [9.17, 15) is 0 Å². The predicted octanol–water partition coefficient (Wildman–Crippen LogP) is 1.47. The van der Waals surface area contributed by atoms with Crippen molar-refractivity contribution in [2.75, 3.05) is 65.7 Å². The van der Waals surface area contributed by atoms with Gasteiger partial charge in [-0.25, -0.2) is 0 Å². The average molecular weight is 296 g/mol. The van der Waals surface area contributed by atoms with Crippen molar-refractivity contribution in [2.24, 2.45) is 0 Å². The molecule has 2 rings (SSSR count). The Morgan fingerprint density at radius 1 is 0.714 bits per heavy atom. The molecule has 0 aliphatic carbocycles. The van der Waals surface area contributed by atoms with Crippen LogP contribution in [-0.4, -0.2) is 75.5 Å². The van der Waals surface area contributed by atoms with Gasteiger partial charge in [0.1, 0.15) is 0 Å². The van der Waals surface area contributed by atoms with Crippen LogP contribution in [0, 0.1) is 0 Å². The summed E-state index contributed by atoms with van der Waals surface area (Å²) in [6, 6.07) is 0. The van der Waals surface area contributed by atoms with E-state index in [1.54, 1.807) is 12.5 Å². The fourth-order valence-electron chi connectivity index (χ4n) is 2.46. The van der Waals surface area contributed by atoms with Gasteiger partial charge in [-0.3, -0.25) is 9.80 Å². The molecule has 2 aliphatic heterocycles. The standard InChI is InChI=1S/C16H28N2O3/c1(5-17-7-13-20-14-8-17)3-11-19-12-4-2-6-18-9-15-21-16-10-18/h3-4,11-12H,1-2,5-10,13-16H2. The van der Waals surface area contributed by atoms with Crippen LogP contribution in [0.15, 0.2) is 24.7 Å². The molecule has 0 bridgehead atoms. The Morgan fingerprint density at radius 2 is 1.14 bits per heavy atom. The molecule has 120 valence electrons. The van der Waals surface area contributed by atoms with Crippen molar-refractivity contribution in [1.82, 2.24) is 9.80 Å². The summed E-state index contributed by atoms with van der Waals surface area (Å²) in [5.74, 6) is 0. The molecule has 0 radical (unpaired) electrons. The Bertz CT molecular complexity index is 279. The molecule has 2 heterocycles. The minimum Gasteiger partial charge on any atom is -0.473 e. The van der Waals surface area contributed by atoms with Gasteiger partial charge in [0.25, 0.3) is 0 Å². The molecule has 0 atom stereocenters. The molecule has 0 spiro atoms. The number of morpholine rings is 2. The Labute approximate surface area is 128 Å². The van der Waals surface area contributed by atoms with Gasteiger partial charge in [0, 0.05) is 39.3 Å². The highest BCUT2D eigenvalue weighted by molar-refractivity contribution is 4.82. The van der Waals surface area contributed by atoms with E-state index in [-0.39, 0.29) is 0 Å². The first kappa shape index (κ1) is 16.5. The van der Waals surface area contributed by atoms with E-state index in [1.807, 2.05) is 0 Å². The highest BCUT2D eigenvalue weighted by atomic mass is 16.5. The van der Waals surface area contributed by atoms with Gasteiger partial charge in [-0.15, -0.1) is 0 Å². The van der Waals surface area contributed by atoms with Gasteiger partial charge < -0.3 is 14.2 Å². The summed E-state index contributed by atoms with van der Waals surface area (Å²) >= 11 is 0. The quantitative estimate of drug-likeness (QED) is 0.634. The van der Waals surface area contributed by atoms with E-state index in [0.717, 1.165) is 78.5 Å². The number of ether oxygens (including phenoxy) is 3. The van der Waals surface area contributed by atoms with E-state index in [1.165, 1.54) is 0 Å². The third-order valence-corrected chi connectivity index (χ3v) is 3.78. The van der Waals surface area contributed by atoms with Crippen molar-refractivity contribution in [1.29, 1.82) is 0 Å². The number of hydrogen-bond donors (Lipinski definition) is 0. The maximum atomic E-state index is 5.36. The highest BCUT2D eigenvalue weighted by Crippen LogP contribution is 2.00. The minimum atomic E-state index is 0.867. The molecular weight excluding hydrogens is 268 g/mol. The molecule has 2 aliphatic rings. The average Bonchev–Trinajstić information content (AvgIpc) is 2.55. The van der Waals surface area contributed by atoms with Crippen LogP contribution in [-0.2, 0) is 14.2 Å². The van der Waals surface area contributed by atoms with Crippen molar-refractivity contribution in [3.8, 4) is 0 Å². The molecule has 5 nitrogen and oxygen atoms in total. The van der Waals surface area contributed by atoms with Gasteiger partial charge in [-0.1, -0.05) is 0 Å². The molecule has 5 heteroatoms. The molecule has 0 amide bonds. The van der Waals surface area contributed by atoms with E-state index in [2.05, 4.69) is 22.0 Å². The van der Waals surface area contributed by atoms with Crippen molar-refractivity contribution in [3.63, 3.8) is 0 Å². The van der Waals surface area contributed by atoms with Gasteiger partial charge in [0.05, 0.1) is 39.0 Å². The molecule has 0 aromatic rings. The molecule has 0 unspecified atom stereocenters. The van der Waals surface area contributed by atoms with Crippen LogP contribution in [0.3, 0.4) is 0 Å². The fourth-order valence-corrected chi connectivity index (χ4v) is 2.46. The lowest BCUT2D eigenvalue weighted by molar-refractivity contribution is 0.0387. The molecular formula is C16H28N2O3. The number of hydrogen-bond acceptors (Lipinski definition) is 5. The van der Waals surface area contributed by atoms with Gasteiger partial charge >= 0.3 is 0 Å². The first-order valence-corrected chi connectivity index (χ1v) is 8.01. The van der Waals surface area contributed by atoms with Crippen LogP contribution >= 0.6 is 0 Å². The van der Waals surface area contributed by atoms with Crippen LogP contribution in [0.2, 0.25) is 0 Å². The summed E-state index contributed by atoms with van der Waals surface area (Å²) in [4.78, 5) is 4.85. The van der Waals surface area contributed by atoms with Crippen LogP contribution in [0.25, 0.3) is 0 Å². The predicted molar refractivity (Wildman–Crippen MR) is 83.1 cm³/mol. The highest BCUT2D eigenvalue weighted by Gasteiger charge is 2.08. The molecule has 21 heavy (non-hydrogen) atoms. The number of rotatable bonds is 8. The number of nitrogens with zero attached hydrogens (tertiary/aromatic N) is 2. The van der Waals surface area contributed by atoms with Crippen LogP contribution < -0.4 is 0 Å². The second kappa shape index (κ2) is 10.8. The van der Waals surface area contributed by atoms with Crippen molar-refractivity contribution in [2.45, 2.75) is 12.8 Å². The fraction of sp³-hybridized carbons (Fsp3) is 0.750. The maximum absolute atomic E-state index is 5.36. The lowest BCUT2D eigenvalue weighted by Crippen LogP contribution is -2.36. The normalized spacial score (nSPS) is 22.3. The summed E-state index contributed by atoms with van der Waals surface area (Å²) in [6.07, 6.45) is 9.80. The third-order valence-electron chi connectivity index (χ3n) is 3.78. The lowest BCUT2D eigenvalue weighted by atomic mass is 10.3. The topological polar surface area (TPSA) is 34.2 Å². The first-order chi connectivity index (χ1) is 10.4. The van der Waals surface area contributed by atoms with Crippen molar-refractivity contribution >= 4 is 0 Å². The van der Waals surface area contributed by atoms with Crippen LogP contribution in [0.5, 0.6) is 0 Å². The van der Waals surface area contributed by atoms with Crippen LogP contribution in [0.1, 0.15) is 12.8 Å². The van der Waals surface area contributed by atoms with Gasteiger partial charge in [0.2, 0.25) is 0 Å². The first-order valence-electron chi connectivity index (χ1n) is 8.01. The summed E-state index contributed by atoms with van der Waals surface area (Å²) in [6.45, 7) is 9.85. The zero-order valence-electron chi connectivity index (χ0n) is 12.9. The zero-order chi connectivity index (χ0) is 14.6. The molecule has 0 aromatic heterocycles. The summed E-state index contributed by atoms with van der Waals surface area (Å²) in [5.41, 5.74) is 0. The zero-order valence-corrected chi connectivity index (χ0v) is 12.9. The Morgan fingerprint density at radius 3 is 1.57 bits per heavy atom. The van der Waals surface area contributed by atoms with Crippen LogP contribution in [0.4, 0.5) is 0 Å². The molecule has 0 saturated carbocycles. The summed E-state index contributed by atoms with van der Waals surface area (Å²) in [5, 5.41) is 0. The largest absolute Gasteiger partial charge is 0.473 e. The van der Waals surface area contributed by atoms with Crippen molar-refractivity contribution < 1.29 is 14.2 Å². The second-order valence-corrected chi connectivity index (χ2v) is 5.37. The van der Waals surface area contributed by atoms with Gasteiger partial charge in [-0.2, -0.15) is 0 Å². The monoisotopic (exact) mass is 296 g/mol. The SMILES string of the molecule is C(=COC=CCCN1CCOCC1)CCN1CCOCC1. The molecule has 2 fully saturated rings. The second-order valence-electron chi connectivity index (χ2n) is 5.37.